The van der Waals surface area contributed by atoms with E-state index in [0.29, 0.717) is 18.3 Å². The highest BCUT2D eigenvalue weighted by atomic mass is 32.2. The minimum atomic E-state index is -3.12. The van der Waals surface area contributed by atoms with Gasteiger partial charge in [0, 0.05) is 18.2 Å². The first-order valence-electron chi connectivity index (χ1n) is 7.24. The van der Waals surface area contributed by atoms with Crippen molar-refractivity contribution >= 4 is 9.84 Å². The molecule has 1 aromatic carbocycles. The first-order valence-corrected chi connectivity index (χ1v) is 8.96. The highest BCUT2D eigenvalue weighted by Gasteiger charge is 2.21. The highest BCUT2D eigenvalue weighted by molar-refractivity contribution is 7.91. The van der Waals surface area contributed by atoms with E-state index in [1.54, 1.807) is 19.9 Å². The molecule has 0 bridgehead atoms. The van der Waals surface area contributed by atoms with Gasteiger partial charge in [0.05, 0.1) is 11.0 Å². The van der Waals surface area contributed by atoms with Gasteiger partial charge in [0.2, 0.25) is 0 Å². The van der Waals surface area contributed by atoms with Crippen LogP contribution in [0.1, 0.15) is 32.3 Å². The van der Waals surface area contributed by atoms with Gasteiger partial charge in [0.15, 0.2) is 9.84 Å². The minimum absolute atomic E-state index is 0.0302. The average Bonchev–Trinajstić information content (AvgIpc) is 3.22. The summed E-state index contributed by atoms with van der Waals surface area (Å²) in [6, 6.07) is 4.83. The number of sulfone groups is 1. The van der Waals surface area contributed by atoms with Crippen molar-refractivity contribution in [2.45, 2.75) is 44.5 Å². The third-order valence-electron chi connectivity index (χ3n) is 3.52. The summed E-state index contributed by atoms with van der Waals surface area (Å²) in [6.45, 7) is 3.92. The van der Waals surface area contributed by atoms with Crippen LogP contribution in [0.5, 0.6) is 5.75 Å². The quantitative estimate of drug-likeness (QED) is 0.799. The summed E-state index contributed by atoms with van der Waals surface area (Å²) < 4.78 is 42.3. The molecule has 0 aliphatic heterocycles. The fourth-order valence-corrected chi connectivity index (χ4v) is 2.66. The number of hydrogen-bond acceptors (Lipinski definition) is 4. The van der Waals surface area contributed by atoms with E-state index >= 15 is 0 Å². The van der Waals surface area contributed by atoms with Crippen LogP contribution in [0.2, 0.25) is 0 Å². The van der Waals surface area contributed by atoms with Crippen molar-refractivity contribution in [1.82, 2.24) is 5.32 Å². The Morgan fingerprint density at radius 1 is 1.38 bits per heavy atom. The number of nitrogens with one attached hydrogen (secondary N) is 1. The summed E-state index contributed by atoms with van der Waals surface area (Å²) in [5, 5.41) is 2.89. The van der Waals surface area contributed by atoms with E-state index in [-0.39, 0.29) is 18.2 Å². The van der Waals surface area contributed by atoms with E-state index in [1.807, 2.05) is 0 Å². The van der Waals surface area contributed by atoms with Crippen molar-refractivity contribution in [3.05, 3.63) is 29.6 Å². The Labute approximate surface area is 125 Å². The van der Waals surface area contributed by atoms with E-state index in [9.17, 15) is 12.8 Å². The predicted octanol–water partition coefficient (Wildman–Crippen LogP) is 2.28. The Morgan fingerprint density at radius 3 is 2.71 bits per heavy atom. The Morgan fingerprint density at radius 2 is 2.10 bits per heavy atom. The van der Waals surface area contributed by atoms with Crippen LogP contribution in [0.3, 0.4) is 0 Å². The molecule has 118 valence electrons. The molecule has 1 N–H and O–H groups in total. The van der Waals surface area contributed by atoms with Crippen LogP contribution in [-0.2, 0) is 16.4 Å². The molecule has 1 fully saturated rings. The molecule has 6 heteroatoms. The van der Waals surface area contributed by atoms with Crippen molar-refractivity contribution in [1.29, 1.82) is 0 Å². The second kappa shape index (κ2) is 6.75. The topological polar surface area (TPSA) is 55.4 Å². The van der Waals surface area contributed by atoms with Crippen LogP contribution in [0.25, 0.3) is 0 Å². The SMILES string of the molecule is CC(C)S(=O)(=O)CCOc1ccc(F)cc1CNC1CC1. The van der Waals surface area contributed by atoms with Gasteiger partial charge in [-0.1, -0.05) is 0 Å². The molecule has 0 saturated heterocycles. The lowest BCUT2D eigenvalue weighted by atomic mass is 10.2. The maximum Gasteiger partial charge on any atom is 0.155 e. The van der Waals surface area contributed by atoms with Gasteiger partial charge >= 0.3 is 0 Å². The van der Waals surface area contributed by atoms with Gasteiger partial charge in [-0.25, -0.2) is 12.8 Å². The standard InChI is InChI=1S/C15H22FNO3S/c1-11(2)21(18,19)8-7-20-15-6-3-13(16)9-12(15)10-17-14-4-5-14/h3,6,9,11,14,17H,4-5,7-8,10H2,1-2H3. The smallest absolute Gasteiger partial charge is 0.155 e. The monoisotopic (exact) mass is 315 g/mol. The second-order valence-electron chi connectivity index (χ2n) is 5.67. The van der Waals surface area contributed by atoms with Gasteiger partial charge in [0.1, 0.15) is 18.2 Å². The molecule has 2 rings (SSSR count). The lowest BCUT2D eigenvalue weighted by Crippen LogP contribution is -2.22. The van der Waals surface area contributed by atoms with Crippen LogP contribution in [0.4, 0.5) is 4.39 Å². The second-order valence-corrected chi connectivity index (χ2v) is 8.35. The first-order chi connectivity index (χ1) is 9.88. The van der Waals surface area contributed by atoms with E-state index in [4.69, 9.17) is 4.74 Å². The molecule has 0 spiro atoms. The Balaban J connectivity index is 1.95. The first kappa shape index (κ1) is 16.2. The van der Waals surface area contributed by atoms with Crippen molar-refractivity contribution < 1.29 is 17.5 Å². The van der Waals surface area contributed by atoms with Gasteiger partial charge in [0.25, 0.3) is 0 Å². The maximum atomic E-state index is 13.3. The fraction of sp³-hybridized carbons (Fsp3) is 0.600. The van der Waals surface area contributed by atoms with Crippen LogP contribution in [0.15, 0.2) is 18.2 Å². The highest BCUT2D eigenvalue weighted by Crippen LogP contribution is 2.23. The third-order valence-corrected chi connectivity index (χ3v) is 5.70. The summed E-state index contributed by atoms with van der Waals surface area (Å²) in [4.78, 5) is 0. The summed E-state index contributed by atoms with van der Waals surface area (Å²) in [5.41, 5.74) is 0.726. The molecule has 0 radical (unpaired) electrons. The normalized spacial score (nSPS) is 15.4. The fourth-order valence-electron chi connectivity index (χ4n) is 1.87. The molecule has 4 nitrogen and oxygen atoms in total. The maximum absolute atomic E-state index is 13.3. The molecule has 1 aromatic rings. The van der Waals surface area contributed by atoms with Gasteiger partial charge in [-0.3, -0.25) is 0 Å². The minimum Gasteiger partial charge on any atom is -0.492 e. The molecule has 0 aromatic heterocycles. The Hall–Kier alpha value is -1.14. The molecule has 0 unspecified atom stereocenters. The molecule has 0 amide bonds. The summed E-state index contributed by atoms with van der Waals surface area (Å²) in [7, 11) is -3.12. The molecular weight excluding hydrogens is 293 g/mol. The van der Waals surface area contributed by atoms with Crippen LogP contribution in [-0.4, -0.2) is 32.1 Å². The van der Waals surface area contributed by atoms with Crippen molar-refractivity contribution in [2.75, 3.05) is 12.4 Å². The largest absolute Gasteiger partial charge is 0.492 e. The molecule has 1 aliphatic carbocycles. The molecule has 21 heavy (non-hydrogen) atoms. The van der Waals surface area contributed by atoms with Gasteiger partial charge in [-0.2, -0.15) is 0 Å². The predicted molar refractivity (Wildman–Crippen MR) is 80.7 cm³/mol. The lowest BCUT2D eigenvalue weighted by Gasteiger charge is -2.13. The molecule has 1 aliphatic rings. The molecule has 0 heterocycles. The Kier molecular flexibility index (Phi) is 5.22. The zero-order valence-corrected chi connectivity index (χ0v) is 13.2. The number of halogens is 1. The van der Waals surface area contributed by atoms with Gasteiger partial charge < -0.3 is 10.1 Å². The van der Waals surface area contributed by atoms with Crippen molar-refractivity contribution in [3.63, 3.8) is 0 Å². The summed E-state index contributed by atoms with van der Waals surface area (Å²) >= 11 is 0. The van der Waals surface area contributed by atoms with E-state index in [0.717, 1.165) is 18.4 Å². The van der Waals surface area contributed by atoms with E-state index in [1.165, 1.54) is 12.1 Å². The Bertz CT molecular complexity index is 583. The van der Waals surface area contributed by atoms with Crippen molar-refractivity contribution in [3.8, 4) is 5.75 Å². The summed E-state index contributed by atoms with van der Waals surface area (Å²) in [5.74, 6) is 0.200. The number of rotatable bonds is 8. The zero-order valence-electron chi connectivity index (χ0n) is 12.4. The number of hydrogen-bond donors (Lipinski definition) is 1. The zero-order chi connectivity index (χ0) is 15.5. The van der Waals surface area contributed by atoms with Crippen LogP contribution in [0, 0.1) is 5.82 Å². The van der Waals surface area contributed by atoms with E-state index in [2.05, 4.69) is 5.32 Å². The lowest BCUT2D eigenvalue weighted by molar-refractivity contribution is 0.335. The number of ether oxygens (including phenoxy) is 1. The van der Waals surface area contributed by atoms with Gasteiger partial charge in [-0.05, 0) is 44.9 Å². The van der Waals surface area contributed by atoms with E-state index < -0.39 is 15.1 Å². The number of benzene rings is 1. The molecular formula is C15H22FNO3S. The van der Waals surface area contributed by atoms with Crippen LogP contribution < -0.4 is 10.1 Å². The van der Waals surface area contributed by atoms with Crippen LogP contribution >= 0.6 is 0 Å². The molecule has 1 saturated carbocycles. The summed E-state index contributed by atoms with van der Waals surface area (Å²) in [6.07, 6.45) is 2.30. The van der Waals surface area contributed by atoms with Crippen molar-refractivity contribution in [2.24, 2.45) is 0 Å². The average molecular weight is 315 g/mol. The molecule has 0 atom stereocenters. The van der Waals surface area contributed by atoms with Gasteiger partial charge in [-0.15, -0.1) is 0 Å². The third kappa shape index (κ3) is 4.97.